The fraction of sp³-hybridized carbons (Fsp3) is 0.200. The van der Waals surface area contributed by atoms with Gasteiger partial charge in [0.2, 0.25) is 0 Å². The summed E-state index contributed by atoms with van der Waals surface area (Å²) in [7, 11) is 0. The van der Waals surface area contributed by atoms with Crippen LogP contribution >= 0.6 is 0 Å². The van der Waals surface area contributed by atoms with Gasteiger partial charge in [-0.05, 0) is 0 Å². The van der Waals surface area contributed by atoms with E-state index in [0.29, 0.717) is 6.42 Å². The number of carbonyl (C=O) groups excluding carboxylic acids is 1. The average Bonchev–Trinajstić information content (AvgIpc) is 1.68. The summed E-state index contributed by atoms with van der Waals surface area (Å²) in [6.45, 7) is 5.01. The van der Waals surface area contributed by atoms with Crippen LogP contribution in [-0.4, -0.2) is 10.2 Å². The normalized spacial score (nSPS) is 7.43. The van der Waals surface area contributed by atoms with Gasteiger partial charge in [0.05, 0.1) is 0 Å². The second-order valence-corrected chi connectivity index (χ2v) is 2.91. The minimum atomic E-state index is 0.638. The Kier molecular flexibility index (Phi) is 4.12. The Hall–Kier alpha value is -0.0317. The van der Waals surface area contributed by atoms with E-state index < -0.39 is 0 Å². The molecule has 0 fully saturated rings. The van der Waals surface area contributed by atoms with E-state index in [0.717, 1.165) is 10.2 Å². The van der Waals surface area contributed by atoms with Gasteiger partial charge >= 0.3 is 53.4 Å². The van der Waals surface area contributed by atoms with Gasteiger partial charge in [0, 0.05) is 0 Å². The number of allylic oxidation sites excluding steroid dienone is 1. The van der Waals surface area contributed by atoms with E-state index in [9.17, 15) is 4.79 Å². The number of rotatable bonds is 3. The Morgan fingerprint density at radius 2 is 2.43 bits per heavy atom. The number of aldehydes is 1. The van der Waals surface area contributed by atoms with Gasteiger partial charge in [0.1, 0.15) is 0 Å². The van der Waals surface area contributed by atoms with Crippen LogP contribution in [0.5, 0.6) is 0 Å². The summed E-state index contributed by atoms with van der Waals surface area (Å²) in [6.07, 6.45) is 2.97. The topological polar surface area (TPSA) is 17.1 Å². The zero-order valence-electron chi connectivity index (χ0n) is 3.76. The summed E-state index contributed by atoms with van der Waals surface area (Å²) in [4.78, 5) is 9.80. The first-order valence-corrected chi connectivity index (χ1v) is 3.29. The molecule has 0 radical (unpaired) electrons. The summed E-state index contributed by atoms with van der Waals surface area (Å²) < 4.78 is 0.850. The Morgan fingerprint density at radius 3 is 2.57 bits per heavy atom. The van der Waals surface area contributed by atoms with E-state index in [2.05, 4.69) is 0 Å². The molecule has 1 nitrogen and oxygen atoms in total. The molecule has 0 aliphatic carbocycles. The predicted molar refractivity (Wildman–Crippen MR) is 24.6 cm³/mol. The Morgan fingerprint density at radius 1 is 1.86 bits per heavy atom. The zero-order valence-corrected chi connectivity index (χ0v) is 6.69. The first-order valence-electron chi connectivity index (χ1n) is 1.82. The van der Waals surface area contributed by atoms with Crippen molar-refractivity contribution < 1.29 is 24.1 Å². The van der Waals surface area contributed by atoms with Crippen molar-refractivity contribution in [1.82, 2.24) is 0 Å². The molecule has 0 aromatic carbocycles. The molecule has 0 aromatic rings. The van der Waals surface area contributed by atoms with Crippen LogP contribution in [0.1, 0.15) is 6.42 Å². The van der Waals surface area contributed by atoms with Gasteiger partial charge in [-0.15, -0.1) is 0 Å². The van der Waals surface area contributed by atoms with Gasteiger partial charge in [-0.3, -0.25) is 0 Å². The maximum atomic E-state index is 9.80. The molecule has 0 saturated carbocycles. The monoisotopic (exact) mass is 265 g/mol. The van der Waals surface area contributed by atoms with Crippen molar-refractivity contribution in [2.24, 2.45) is 0 Å². The second-order valence-electron chi connectivity index (χ2n) is 1.02. The van der Waals surface area contributed by atoms with Crippen molar-refractivity contribution in [2.45, 2.75) is 6.42 Å². The van der Waals surface area contributed by atoms with Gasteiger partial charge in [-0.2, -0.15) is 0 Å². The van der Waals surface area contributed by atoms with E-state index in [1.807, 2.05) is 0 Å². The molecule has 0 aliphatic heterocycles. The van der Waals surface area contributed by atoms with Crippen LogP contribution in [0.15, 0.2) is 6.08 Å². The predicted octanol–water partition coefficient (Wildman–Crippen LogP) is 0.284. The van der Waals surface area contributed by atoms with E-state index in [1.54, 1.807) is 0 Å². The molecule has 0 saturated heterocycles. The fourth-order valence-electron chi connectivity index (χ4n) is 0.164. The van der Waals surface area contributed by atoms with Crippen LogP contribution in [0.3, 0.4) is 0 Å². The summed E-state index contributed by atoms with van der Waals surface area (Å²) in [6, 6.07) is 0. The van der Waals surface area contributed by atoms with Crippen molar-refractivity contribution in [3.63, 3.8) is 0 Å². The third-order valence-corrected chi connectivity index (χ3v) is 1.39. The first-order chi connectivity index (χ1) is 3.31. The van der Waals surface area contributed by atoms with Crippen molar-refractivity contribution in [2.75, 3.05) is 0 Å². The van der Waals surface area contributed by atoms with Crippen molar-refractivity contribution in [3.8, 4) is 0 Å². The minimum absolute atomic E-state index is 0.638. The summed E-state index contributed by atoms with van der Waals surface area (Å²) >= 11 is 1.20. The van der Waals surface area contributed by atoms with Gasteiger partial charge < -0.3 is 0 Å². The van der Waals surface area contributed by atoms with Crippen LogP contribution in [0, 0.1) is 6.58 Å². The maximum absolute atomic E-state index is 9.80. The first kappa shape index (κ1) is 6.97. The molecular weight excluding hydrogens is 260 g/mol. The Balaban J connectivity index is 3.36. The average molecular weight is 265 g/mol. The second kappa shape index (κ2) is 4.14. The molecule has 0 heterocycles. The van der Waals surface area contributed by atoms with E-state index in [-0.39, 0.29) is 0 Å². The molecule has 0 atom stereocenters. The molecule has 0 amide bonds. The molecule has 7 heavy (non-hydrogen) atoms. The van der Waals surface area contributed by atoms with Gasteiger partial charge in [0.25, 0.3) is 0 Å². The Bertz CT molecular complexity index is 96.3. The molecule has 2 heteroatoms. The summed E-state index contributed by atoms with van der Waals surface area (Å²) in [5.41, 5.74) is 0. The van der Waals surface area contributed by atoms with E-state index in [4.69, 9.17) is 6.58 Å². The molecule has 0 spiro atoms. The molecular formula is C5H5OW-. The van der Waals surface area contributed by atoms with Crippen LogP contribution in [0.4, 0.5) is 0 Å². The zero-order chi connectivity index (χ0) is 5.70. The van der Waals surface area contributed by atoms with E-state index >= 15 is 0 Å². The summed E-state index contributed by atoms with van der Waals surface area (Å²) in [5.74, 6) is 0. The molecule has 0 unspecified atom stereocenters. The van der Waals surface area contributed by atoms with Crippen LogP contribution in [0.2, 0.25) is 0 Å². The Labute approximate surface area is 53.8 Å². The molecule has 0 N–H and O–H groups in total. The summed E-state index contributed by atoms with van der Waals surface area (Å²) in [5, 5.41) is 0. The third kappa shape index (κ3) is 3.81. The van der Waals surface area contributed by atoms with Crippen molar-refractivity contribution in [3.05, 3.63) is 12.7 Å². The number of hydrogen-bond donors (Lipinski definition) is 0. The van der Waals surface area contributed by atoms with Crippen LogP contribution in [-0.2, 0) is 24.1 Å². The third-order valence-electron chi connectivity index (χ3n) is 0.450. The number of carbonyl (C=O) groups is 1. The SMILES string of the molecule is [CH-]=CC[C](=[W])C=O. The van der Waals surface area contributed by atoms with Crippen molar-refractivity contribution in [1.29, 1.82) is 0 Å². The molecule has 0 bridgehead atoms. The molecule has 0 aromatic heterocycles. The molecule has 38 valence electrons. The molecule has 0 rings (SSSR count). The van der Waals surface area contributed by atoms with Gasteiger partial charge in [-0.1, -0.05) is 0 Å². The van der Waals surface area contributed by atoms with Crippen LogP contribution < -0.4 is 0 Å². The quantitative estimate of drug-likeness (QED) is 0.529. The standard InChI is InChI=1S/C5H5O.W/c1-2-3-4-5-6;/h1-2,5H,3H2;/q-1;. The number of hydrogen-bond acceptors (Lipinski definition) is 1. The van der Waals surface area contributed by atoms with Gasteiger partial charge in [-0.25, -0.2) is 0 Å². The fourth-order valence-corrected chi connectivity index (χ4v) is 0.510. The molecule has 0 aliphatic rings. The van der Waals surface area contributed by atoms with E-state index in [1.165, 1.54) is 25.4 Å². The van der Waals surface area contributed by atoms with Gasteiger partial charge in [0.15, 0.2) is 0 Å². The van der Waals surface area contributed by atoms with Crippen LogP contribution in [0.25, 0.3) is 0 Å². The van der Waals surface area contributed by atoms with Crippen molar-refractivity contribution >= 4 is 10.2 Å².